The highest BCUT2D eigenvalue weighted by Gasteiger charge is 2.26. The lowest BCUT2D eigenvalue weighted by Gasteiger charge is -2.34. The van der Waals surface area contributed by atoms with Gasteiger partial charge in [0.1, 0.15) is 18.6 Å². The van der Waals surface area contributed by atoms with E-state index >= 15 is 0 Å². The summed E-state index contributed by atoms with van der Waals surface area (Å²) in [7, 11) is 2.15. The highest BCUT2D eigenvalue weighted by atomic mass is 16.5. The smallest absolute Gasteiger partial charge is 0.146 e. The summed E-state index contributed by atoms with van der Waals surface area (Å²) in [5.74, 6) is 0.846. The predicted octanol–water partition coefficient (Wildman–Crippen LogP) is 7.05. The Morgan fingerprint density at radius 3 is 2.48 bits per heavy atom. The molecule has 2 heterocycles. The summed E-state index contributed by atoms with van der Waals surface area (Å²) in [6.45, 7) is 13.4. The maximum absolute atomic E-state index is 12.2. The summed E-state index contributed by atoms with van der Waals surface area (Å²) in [6, 6.07) is 20.3. The number of carbonyl (C=O) groups is 1. The van der Waals surface area contributed by atoms with Crippen LogP contribution in [0.2, 0.25) is 0 Å². The van der Waals surface area contributed by atoms with Gasteiger partial charge in [0.05, 0.1) is 6.04 Å². The number of pyridine rings is 1. The number of rotatable bonds is 13. The fraction of sp³-hybridized carbons (Fsp3) is 0.371. The lowest BCUT2D eigenvalue weighted by atomic mass is 9.86. The topological polar surface area (TPSA) is 45.7 Å². The van der Waals surface area contributed by atoms with Crippen LogP contribution in [-0.4, -0.2) is 54.3 Å². The van der Waals surface area contributed by atoms with E-state index in [-0.39, 0.29) is 6.04 Å². The first-order chi connectivity index (χ1) is 19.5. The van der Waals surface area contributed by atoms with E-state index in [0.717, 1.165) is 64.9 Å². The molecular formula is C35H43N3O2. The molecule has 210 valence electrons. The highest BCUT2D eigenvalue weighted by Crippen LogP contribution is 2.38. The Labute approximate surface area is 240 Å². The van der Waals surface area contributed by atoms with Gasteiger partial charge < -0.3 is 9.64 Å². The lowest BCUT2D eigenvalue weighted by Crippen LogP contribution is -2.34. The van der Waals surface area contributed by atoms with Crippen molar-refractivity contribution in [2.45, 2.75) is 52.2 Å². The minimum Gasteiger partial charge on any atom is -0.489 e. The maximum Gasteiger partial charge on any atom is 0.146 e. The Hall–Kier alpha value is -3.54. The second kappa shape index (κ2) is 14.7. The number of piperidine rings is 1. The van der Waals surface area contributed by atoms with Crippen molar-refractivity contribution in [1.29, 1.82) is 0 Å². The van der Waals surface area contributed by atoms with Crippen LogP contribution in [0.5, 0.6) is 5.75 Å². The molecule has 5 heteroatoms. The van der Waals surface area contributed by atoms with Crippen LogP contribution in [-0.2, 0) is 11.4 Å². The molecule has 0 bridgehead atoms. The Morgan fingerprint density at radius 2 is 1.80 bits per heavy atom. The molecule has 0 radical (unpaired) electrons. The fourth-order valence-electron chi connectivity index (χ4n) is 5.62. The third kappa shape index (κ3) is 7.77. The average molecular weight is 538 g/mol. The normalized spacial score (nSPS) is 15.4. The number of carbonyl (C=O) groups excluding carboxylic acids is 1. The molecule has 1 fully saturated rings. The van der Waals surface area contributed by atoms with Crippen LogP contribution in [0.25, 0.3) is 5.57 Å². The van der Waals surface area contributed by atoms with E-state index in [2.05, 4.69) is 53.5 Å². The Balaban J connectivity index is 1.56. The van der Waals surface area contributed by atoms with E-state index < -0.39 is 0 Å². The number of aldehydes is 1. The fourth-order valence-corrected chi connectivity index (χ4v) is 5.62. The number of nitrogens with zero attached hydrogens (tertiary/aromatic N) is 3. The number of benzene rings is 2. The first kappa shape index (κ1) is 29.4. The number of aryl methyl sites for hydroxylation is 1. The van der Waals surface area contributed by atoms with Crippen molar-refractivity contribution < 1.29 is 9.53 Å². The summed E-state index contributed by atoms with van der Waals surface area (Å²) < 4.78 is 6.12. The van der Waals surface area contributed by atoms with Gasteiger partial charge >= 0.3 is 0 Å². The molecule has 3 aromatic rings. The van der Waals surface area contributed by atoms with E-state index in [0.29, 0.717) is 12.2 Å². The van der Waals surface area contributed by atoms with Crippen LogP contribution < -0.4 is 4.74 Å². The number of allylic oxidation sites excluding steroid dienone is 1. The van der Waals surface area contributed by atoms with Crippen LogP contribution in [0.15, 0.2) is 90.8 Å². The lowest BCUT2D eigenvalue weighted by molar-refractivity contribution is -0.104. The molecule has 0 saturated carbocycles. The van der Waals surface area contributed by atoms with Gasteiger partial charge in [-0.05, 0) is 130 Å². The summed E-state index contributed by atoms with van der Waals surface area (Å²) in [4.78, 5) is 21.4. The van der Waals surface area contributed by atoms with E-state index in [1.165, 1.54) is 32.4 Å². The minimum atomic E-state index is -0.114. The van der Waals surface area contributed by atoms with Gasteiger partial charge in [0, 0.05) is 12.4 Å². The second-order valence-corrected chi connectivity index (χ2v) is 10.9. The zero-order valence-corrected chi connectivity index (χ0v) is 24.3. The van der Waals surface area contributed by atoms with Crippen LogP contribution in [0.1, 0.15) is 60.9 Å². The van der Waals surface area contributed by atoms with Gasteiger partial charge in [-0.25, -0.2) is 0 Å². The minimum absolute atomic E-state index is 0.114. The molecule has 5 nitrogen and oxygen atoms in total. The molecule has 0 amide bonds. The molecular weight excluding hydrogens is 494 g/mol. The molecule has 0 aliphatic carbocycles. The first-order valence-corrected chi connectivity index (χ1v) is 14.4. The van der Waals surface area contributed by atoms with E-state index in [9.17, 15) is 4.79 Å². The summed E-state index contributed by atoms with van der Waals surface area (Å²) in [5, 5.41) is 0. The van der Waals surface area contributed by atoms with Gasteiger partial charge in [-0.15, -0.1) is 0 Å². The molecule has 1 unspecified atom stereocenters. The van der Waals surface area contributed by atoms with Crippen molar-refractivity contribution in [2.24, 2.45) is 0 Å². The predicted molar refractivity (Wildman–Crippen MR) is 164 cm³/mol. The van der Waals surface area contributed by atoms with Gasteiger partial charge in [0.25, 0.3) is 0 Å². The zero-order valence-electron chi connectivity index (χ0n) is 24.3. The second-order valence-electron chi connectivity index (χ2n) is 10.9. The standard InChI is InChI=1S/C35H43N3O2/c1-27-24-32(14-15-33(27)40-26-30-12-7-5-8-13-30)29(3)34(28(2)25-39)35(31-16-18-36-19-17-31)37(4)20-11-23-38-21-9-6-10-22-38/h5,7-8,12-19,24-25,35H,3,6,9-11,20-23,26H2,1-2,4H3/b34-28-. The molecule has 4 rings (SSSR count). The molecule has 1 aliphatic heterocycles. The number of aromatic nitrogens is 1. The van der Waals surface area contributed by atoms with Gasteiger partial charge in [-0.2, -0.15) is 0 Å². The Morgan fingerprint density at radius 1 is 1.07 bits per heavy atom. The van der Waals surface area contributed by atoms with E-state index in [1.807, 2.05) is 61.8 Å². The van der Waals surface area contributed by atoms with Crippen LogP contribution in [0, 0.1) is 6.92 Å². The molecule has 1 aliphatic rings. The largest absolute Gasteiger partial charge is 0.489 e. The number of likely N-dealkylation sites (N-methyl/N-ethyl adjacent to an activating group) is 1. The molecule has 40 heavy (non-hydrogen) atoms. The van der Waals surface area contributed by atoms with Crippen LogP contribution in [0.3, 0.4) is 0 Å². The van der Waals surface area contributed by atoms with Gasteiger partial charge in [-0.1, -0.05) is 49.4 Å². The summed E-state index contributed by atoms with van der Waals surface area (Å²) in [6.07, 6.45) is 9.63. The highest BCUT2D eigenvalue weighted by molar-refractivity contribution is 5.88. The van der Waals surface area contributed by atoms with Crippen molar-refractivity contribution in [3.05, 3.63) is 113 Å². The summed E-state index contributed by atoms with van der Waals surface area (Å²) >= 11 is 0. The molecule has 0 spiro atoms. The third-order valence-electron chi connectivity index (χ3n) is 7.86. The number of hydrogen-bond donors (Lipinski definition) is 0. The van der Waals surface area contributed by atoms with Crippen molar-refractivity contribution in [1.82, 2.24) is 14.8 Å². The first-order valence-electron chi connectivity index (χ1n) is 14.4. The van der Waals surface area contributed by atoms with Crippen LogP contribution >= 0.6 is 0 Å². The number of hydrogen-bond acceptors (Lipinski definition) is 5. The Bertz CT molecular complexity index is 1280. The van der Waals surface area contributed by atoms with Crippen LogP contribution in [0.4, 0.5) is 0 Å². The molecule has 1 aromatic heterocycles. The summed E-state index contributed by atoms with van der Waals surface area (Å²) in [5.41, 5.74) is 6.75. The molecule has 0 N–H and O–H groups in total. The van der Waals surface area contributed by atoms with Crippen molar-refractivity contribution in [3.63, 3.8) is 0 Å². The number of ether oxygens (including phenoxy) is 1. The SMILES string of the molecule is C=C(/C(=C(\C)C=O)C(c1ccncc1)N(C)CCCN1CCCCC1)c1ccc(OCc2ccccc2)c(C)c1. The molecule has 1 atom stereocenters. The van der Waals surface area contributed by atoms with Gasteiger partial charge in [-0.3, -0.25) is 14.7 Å². The van der Waals surface area contributed by atoms with Crippen molar-refractivity contribution in [2.75, 3.05) is 33.2 Å². The number of likely N-dealkylation sites (tertiary alicyclic amines) is 1. The van der Waals surface area contributed by atoms with Crippen molar-refractivity contribution >= 4 is 11.9 Å². The third-order valence-corrected chi connectivity index (χ3v) is 7.86. The monoisotopic (exact) mass is 537 g/mol. The van der Waals surface area contributed by atoms with Gasteiger partial charge in [0.2, 0.25) is 0 Å². The molecule has 2 aromatic carbocycles. The van der Waals surface area contributed by atoms with Crippen molar-refractivity contribution in [3.8, 4) is 5.75 Å². The van der Waals surface area contributed by atoms with E-state index in [4.69, 9.17) is 4.74 Å². The zero-order chi connectivity index (χ0) is 28.3. The average Bonchev–Trinajstić information content (AvgIpc) is 3.00. The Kier molecular flexibility index (Phi) is 10.8. The maximum atomic E-state index is 12.2. The molecule has 1 saturated heterocycles. The van der Waals surface area contributed by atoms with Gasteiger partial charge in [0.15, 0.2) is 0 Å². The van der Waals surface area contributed by atoms with E-state index in [1.54, 1.807) is 0 Å². The quantitative estimate of drug-likeness (QED) is 0.133.